The lowest BCUT2D eigenvalue weighted by atomic mass is 10.2. The Hall–Kier alpha value is -0.450. The maximum atomic E-state index is 12.7. The minimum Gasteiger partial charge on any atom is -1.00 e. The monoisotopic (exact) mass is 286 g/mol. The Morgan fingerprint density at radius 3 is 2.38 bits per heavy atom. The minimum absolute atomic E-state index is 0. The fourth-order valence-corrected chi connectivity index (χ4v) is 3.61. The summed E-state index contributed by atoms with van der Waals surface area (Å²) in [6, 6.07) is 6.20. The van der Waals surface area contributed by atoms with Gasteiger partial charge >= 0.3 is 5.51 Å². The molecule has 0 fully saturated rings. The van der Waals surface area contributed by atoms with Crippen LogP contribution in [0, 0.1) is 6.92 Å². The molecule has 0 N–H and O–H groups in total. The number of halogens is 5. The first-order valence-electron chi connectivity index (χ1n) is 4.18. The molecule has 88 valence electrons. The van der Waals surface area contributed by atoms with E-state index in [1.165, 1.54) is 13.0 Å². The van der Waals surface area contributed by atoms with Gasteiger partial charge in [0.1, 0.15) is 0 Å². The highest BCUT2D eigenvalue weighted by atomic mass is 35.5. The van der Waals surface area contributed by atoms with Crippen LogP contribution in [0.25, 0.3) is 10.1 Å². The van der Waals surface area contributed by atoms with Crippen LogP contribution in [0.1, 0.15) is 4.88 Å². The molecule has 0 saturated carbocycles. The molecule has 6 heteroatoms. The maximum absolute atomic E-state index is 12.7. The van der Waals surface area contributed by atoms with E-state index in [2.05, 4.69) is 0 Å². The summed E-state index contributed by atoms with van der Waals surface area (Å²) in [5, 5.41) is 0.969. The fraction of sp³-hybridized carbons (Fsp3) is 0.200. The lowest BCUT2D eigenvalue weighted by molar-refractivity contribution is -0.0867. The SMILES string of the molecule is Cc1cc2ccc(Cl)cc2[s+]1C(F)(F)F.[Cl-]. The highest BCUT2D eigenvalue weighted by molar-refractivity contribution is 7.38. The van der Waals surface area contributed by atoms with Gasteiger partial charge in [0.25, 0.3) is 0 Å². The van der Waals surface area contributed by atoms with Gasteiger partial charge in [-0.05, 0) is 12.1 Å². The summed E-state index contributed by atoms with van der Waals surface area (Å²) in [5.41, 5.74) is -4.21. The molecule has 2 rings (SSSR count). The summed E-state index contributed by atoms with van der Waals surface area (Å²) in [7, 11) is -1.80. The van der Waals surface area contributed by atoms with Gasteiger partial charge in [-0.3, -0.25) is 0 Å². The van der Waals surface area contributed by atoms with Crippen molar-refractivity contribution >= 4 is 32.2 Å². The summed E-state index contributed by atoms with van der Waals surface area (Å²) in [6.45, 7) is 1.50. The zero-order valence-corrected chi connectivity index (χ0v) is 10.4. The van der Waals surface area contributed by atoms with E-state index < -0.39 is 16.0 Å². The number of benzene rings is 1. The number of fused-ring (bicyclic) bond motifs is 1. The fourth-order valence-electron chi connectivity index (χ4n) is 1.56. The van der Waals surface area contributed by atoms with Crippen molar-refractivity contribution < 1.29 is 25.6 Å². The van der Waals surface area contributed by atoms with Crippen molar-refractivity contribution in [3.63, 3.8) is 0 Å². The van der Waals surface area contributed by atoms with Crippen molar-refractivity contribution in [1.82, 2.24) is 0 Å². The summed E-state index contributed by atoms with van der Waals surface area (Å²) < 4.78 is 38.5. The summed E-state index contributed by atoms with van der Waals surface area (Å²) in [6.07, 6.45) is 0. The van der Waals surface area contributed by atoms with Crippen molar-refractivity contribution in [3.05, 3.63) is 34.2 Å². The largest absolute Gasteiger partial charge is 1.00 e. The second kappa shape index (κ2) is 4.43. The van der Waals surface area contributed by atoms with Gasteiger partial charge in [0.15, 0.2) is 9.58 Å². The minimum atomic E-state index is -4.21. The molecule has 1 aromatic carbocycles. The van der Waals surface area contributed by atoms with E-state index in [-0.39, 0.29) is 17.1 Å². The second-order valence-corrected chi connectivity index (χ2v) is 5.78. The summed E-state index contributed by atoms with van der Waals surface area (Å²) in [4.78, 5) is 0.347. The number of aryl methyl sites for hydroxylation is 1. The third kappa shape index (κ3) is 2.29. The third-order valence-corrected chi connectivity index (χ3v) is 4.36. The van der Waals surface area contributed by atoms with Gasteiger partial charge in [-0.15, -0.1) is 13.2 Å². The van der Waals surface area contributed by atoms with Crippen molar-refractivity contribution in [2.75, 3.05) is 0 Å². The molecule has 16 heavy (non-hydrogen) atoms. The molecular weight excluding hydrogens is 280 g/mol. The third-order valence-electron chi connectivity index (χ3n) is 2.11. The van der Waals surface area contributed by atoms with Crippen LogP contribution >= 0.6 is 22.1 Å². The quantitative estimate of drug-likeness (QED) is 0.650. The molecule has 0 spiro atoms. The number of thiophene rings is 1. The lowest BCUT2D eigenvalue weighted by Gasteiger charge is -1.96. The van der Waals surface area contributed by atoms with Gasteiger partial charge in [-0.1, -0.05) is 11.6 Å². The highest BCUT2D eigenvalue weighted by Crippen LogP contribution is 2.50. The average molecular weight is 287 g/mol. The van der Waals surface area contributed by atoms with Gasteiger partial charge in [0, 0.05) is 29.5 Å². The maximum Gasteiger partial charge on any atom is 0.600 e. The van der Waals surface area contributed by atoms with Crippen LogP contribution in [0.4, 0.5) is 13.2 Å². The lowest BCUT2D eigenvalue weighted by Crippen LogP contribution is -3.00. The van der Waals surface area contributed by atoms with Gasteiger partial charge in [0.05, 0.1) is 10.5 Å². The first-order chi connectivity index (χ1) is 6.89. The zero-order valence-electron chi connectivity index (χ0n) is 8.11. The highest BCUT2D eigenvalue weighted by Gasteiger charge is 2.46. The molecular formula is C10H7Cl2F3S. The van der Waals surface area contributed by atoms with E-state index in [0.29, 0.717) is 15.3 Å². The van der Waals surface area contributed by atoms with Gasteiger partial charge in [-0.25, -0.2) is 0 Å². The van der Waals surface area contributed by atoms with Crippen LogP contribution in [-0.4, -0.2) is 0 Å². The molecule has 0 aliphatic rings. The Labute approximate surface area is 104 Å². The van der Waals surface area contributed by atoms with E-state index in [0.717, 1.165) is 0 Å². The molecule has 0 bridgehead atoms. The Kier molecular flexibility index (Phi) is 3.77. The van der Waals surface area contributed by atoms with Crippen molar-refractivity contribution in [2.24, 2.45) is 0 Å². The molecule has 0 aliphatic heterocycles. The van der Waals surface area contributed by atoms with Crippen molar-refractivity contribution in [1.29, 1.82) is 0 Å². The number of hydrogen-bond acceptors (Lipinski definition) is 0. The smallest absolute Gasteiger partial charge is 0.600 e. The first kappa shape index (κ1) is 13.6. The normalized spacial score (nSPS) is 12.7. The van der Waals surface area contributed by atoms with Crippen LogP contribution in [0.15, 0.2) is 24.3 Å². The Balaban J connectivity index is 0.00000128. The Morgan fingerprint density at radius 2 is 1.81 bits per heavy atom. The van der Waals surface area contributed by atoms with E-state index in [9.17, 15) is 13.2 Å². The van der Waals surface area contributed by atoms with Crippen LogP contribution in [0.5, 0.6) is 0 Å². The molecule has 1 aromatic heterocycles. The standard InChI is InChI=1S/C10H7ClF3S.ClH/c1-6-4-7-2-3-8(11)5-9(7)15(6)10(12,13)14;/h2-5H,1H3;1H/q+1;/p-1. The topological polar surface area (TPSA) is 0 Å². The van der Waals surface area contributed by atoms with Crippen LogP contribution in [-0.2, 0) is 5.51 Å². The molecule has 0 nitrogen and oxygen atoms in total. The molecule has 0 amide bonds. The zero-order chi connectivity index (χ0) is 11.2. The number of alkyl halides is 3. The molecule has 1 heterocycles. The van der Waals surface area contributed by atoms with E-state index in [4.69, 9.17) is 11.6 Å². The molecule has 0 aliphatic carbocycles. The van der Waals surface area contributed by atoms with Crippen LogP contribution < -0.4 is 12.4 Å². The molecule has 0 radical (unpaired) electrons. The summed E-state index contributed by atoms with van der Waals surface area (Å²) in [5.74, 6) is 0. The summed E-state index contributed by atoms with van der Waals surface area (Å²) >= 11 is 5.70. The van der Waals surface area contributed by atoms with Gasteiger partial charge < -0.3 is 12.4 Å². The molecule has 1 unspecified atom stereocenters. The predicted molar refractivity (Wildman–Crippen MR) is 57.5 cm³/mol. The first-order valence-corrected chi connectivity index (χ1v) is 5.79. The van der Waals surface area contributed by atoms with Gasteiger partial charge in [-0.2, -0.15) is 0 Å². The average Bonchev–Trinajstić information content (AvgIpc) is 2.38. The van der Waals surface area contributed by atoms with Crippen LogP contribution in [0.2, 0.25) is 5.02 Å². The van der Waals surface area contributed by atoms with Crippen molar-refractivity contribution in [2.45, 2.75) is 12.4 Å². The molecule has 1 atom stereocenters. The molecule has 0 saturated heterocycles. The van der Waals surface area contributed by atoms with Crippen molar-refractivity contribution in [3.8, 4) is 0 Å². The Morgan fingerprint density at radius 1 is 1.19 bits per heavy atom. The number of rotatable bonds is 0. The Bertz CT molecular complexity index is 516. The van der Waals surface area contributed by atoms with E-state index in [1.807, 2.05) is 0 Å². The second-order valence-electron chi connectivity index (χ2n) is 3.19. The van der Waals surface area contributed by atoms with E-state index >= 15 is 0 Å². The van der Waals surface area contributed by atoms with Gasteiger partial charge in [0.2, 0.25) is 0 Å². The number of hydrogen-bond donors (Lipinski definition) is 0. The van der Waals surface area contributed by atoms with Crippen LogP contribution in [0.3, 0.4) is 0 Å². The predicted octanol–water partition coefficient (Wildman–Crippen LogP) is 2.03. The molecule has 2 aromatic rings. The van der Waals surface area contributed by atoms with E-state index in [1.54, 1.807) is 18.2 Å².